The quantitative estimate of drug-likeness (QED) is 0.920. The SMILES string of the molecule is C[NH+]1CCC(C2COC2(c2ccccc2)c2ccccc2)CC1. The summed E-state index contributed by atoms with van der Waals surface area (Å²) in [5.41, 5.74) is 2.39. The Morgan fingerprint density at radius 1 is 0.870 bits per heavy atom. The van der Waals surface area contributed by atoms with Crippen molar-refractivity contribution in [1.82, 2.24) is 0 Å². The molecule has 4 rings (SSSR count). The number of ether oxygens (including phenoxy) is 1. The van der Waals surface area contributed by atoms with E-state index in [9.17, 15) is 0 Å². The van der Waals surface area contributed by atoms with Crippen LogP contribution in [0.3, 0.4) is 0 Å². The van der Waals surface area contributed by atoms with Crippen LogP contribution in [0.15, 0.2) is 60.7 Å². The molecule has 120 valence electrons. The zero-order valence-electron chi connectivity index (χ0n) is 13.9. The van der Waals surface area contributed by atoms with Gasteiger partial charge in [-0.15, -0.1) is 0 Å². The van der Waals surface area contributed by atoms with Crippen LogP contribution in [0.2, 0.25) is 0 Å². The van der Waals surface area contributed by atoms with Crippen LogP contribution in [-0.4, -0.2) is 26.7 Å². The lowest BCUT2D eigenvalue weighted by atomic mass is 9.65. The van der Waals surface area contributed by atoms with Crippen LogP contribution in [0.1, 0.15) is 24.0 Å². The number of hydrogen-bond donors (Lipinski definition) is 1. The van der Waals surface area contributed by atoms with Gasteiger partial charge in [0.15, 0.2) is 0 Å². The Bertz CT molecular complexity index is 592. The highest BCUT2D eigenvalue weighted by Crippen LogP contribution is 2.52. The minimum Gasteiger partial charge on any atom is -0.365 e. The lowest BCUT2D eigenvalue weighted by Gasteiger charge is -2.54. The molecule has 0 radical (unpaired) electrons. The summed E-state index contributed by atoms with van der Waals surface area (Å²) in [7, 11) is 2.31. The van der Waals surface area contributed by atoms with E-state index in [2.05, 4.69) is 67.7 Å². The van der Waals surface area contributed by atoms with Crippen molar-refractivity contribution in [2.45, 2.75) is 18.4 Å². The van der Waals surface area contributed by atoms with Crippen molar-refractivity contribution in [1.29, 1.82) is 0 Å². The van der Waals surface area contributed by atoms with Gasteiger partial charge in [0, 0.05) is 18.8 Å². The van der Waals surface area contributed by atoms with E-state index >= 15 is 0 Å². The van der Waals surface area contributed by atoms with Gasteiger partial charge in [-0.1, -0.05) is 60.7 Å². The maximum absolute atomic E-state index is 6.38. The number of benzene rings is 2. The Labute approximate surface area is 139 Å². The summed E-state index contributed by atoms with van der Waals surface area (Å²) in [6.45, 7) is 3.48. The number of rotatable bonds is 3. The molecule has 0 amide bonds. The van der Waals surface area contributed by atoms with Gasteiger partial charge in [-0.05, 0) is 17.0 Å². The lowest BCUT2D eigenvalue weighted by Crippen LogP contribution is -3.10. The zero-order valence-corrected chi connectivity index (χ0v) is 13.9. The normalized spacial score (nSPS) is 29.7. The number of piperidine rings is 1. The van der Waals surface area contributed by atoms with Crippen molar-refractivity contribution >= 4 is 0 Å². The molecule has 2 heteroatoms. The van der Waals surface area contributed by atoms with Crippen molar-refractivity contribution < 1.29 is 9.64 Å². The van der Waals surface area contributed by atoms with Gasteiger partial charge in [-0.25, -0.2) is 0 Å². The monoisotopic (exact) mass is 308 g/mol. The summed E-state index contributed by atoms with van der Waals surface area (Å²) in [5.74, 6) is 1.37. The summed E-state index contributed by atoms with van der Waals surface area (Å²) in [6, 6.07) is 21.7. The molecular weight excluding hydrogens is 282 g/mol. The Morgan fingerprint density at radius 3 is 1.83 bits per heavy atom. The summed E-state index contributed by atoms with van der Waals surface area (Å²) in [5, 5.41) is 0. The fraction of sp³-hybridized carbons (Fsp3) is 0.429. The molecule has 0 bridgehead atoms. The summed E-state index contributed by atoms with van der Waals surface area (Å²) in [4.78, 5) is 1.67. The van der Waals surface area contributed by atoms with Crippen LogP contribution in [0.5, 0.6) is 0 Å². The van der Waals surface area contributed by atoms with E-state index < -0.39 is 0 Å². The molecule has 0 aliphatic carbocycles. The van der Waals surface area contributed by atoms with E-state index in [0.717, 1.165) is 12.5 Å². The number of nitrogens with one attached hydrogen (secondary N) is 1. The van der Waals surface area contributed by atoms with Gasteiger partial charge in [0.25, 0.3) is 0 Å². The third kappa shape index (κ3) is 2.50. The minimum absolute atomic E-state index is 0.238. The largest absolute Gasteiger partial charge is 0.365 e. The molecule has 0 spiro atoms. The minimum atomic E-state index is -0.238. The van der Waals surface area contributed by atoms with E-state index in [1.165, 1.54) is 37.1 Å². The third-order valence-corrected chi connectivity index (χ3v) is 5.87. The van der Waals surface area contributed by atoms with Gasteiger partial charge in [-0.2, -0.15) is 0 Å². The van der Waals surface area contributed by atoms with Crippen LogP contribution in [0, 0.1) is 11.8 Å². The predicted octanol–water partition coefficient (Wildman–Crippen LogP) is 2.50. The topological polar surface area (TPSA) is 13.7 Å². The van der Waals surface area contributed by atoms with Gasteiger partial charge in [-0.3, -0.25) is 0 Å². The number of hydrogen-bond acceptors (Lipinski definition) is 1. The molecule has 23 heavy (non-hydrogen) atoms. The van der Waals surface area contributed by atoms with Gasteiger partial charge < -0.3 is 9.64 Å². The highest BCUT2D eigenvalue weighted by molar-refractivity contribution is 5.39. The van der Waals surface area contributed by atoms with Crippen molar-refractivity contribution in [3.8, 4) is 0 Å². The van der Waals surface area contributed by atoms with Crippen LogP contribution in [-0.2, 0) is 10.3 Å². The second-order valence-corrected chi connectivity index (χ2v) is 7.18. The number of quaternary nitrogens is 1. The average molecular weight is 308 g/mol. The zero-order chi connectivity index (χ0) is 15.7. The molecule has 2 aliphatic heterocycles. The van der Waals surface area contributed by atoms with Crippen LogP contribution >= 0.6 is 0 Å². The Hall–Kier alpha value is -1.64. The maximum Gasteiger partial charge on any atom is 0.123 e. The molecule has 2 fully saturated rings. The van der Waals surface area contributed by atoms with E-state index in [-0.39, 0.29) is 5.60 Å². The van der Waals surface area contributed by atoms with E-state index in [1.807, 2.05) is 0 Å². The van der Waals surface area contributed by atoms with Gasteiger partial charge in [0.1, 0.15) is 5.60 Å². The lowest BCUT2D eigenvalue weighted by molar-refractivity contribution is -0.886. The van der Waals surface area contributed by atoms with Gasteiger partial charge in [0.2, 0.25) is 0 Å². The van der Waals surface area contributed by atoms with Gasteiger partial charge >= 0.3 is 0 Å². The fourth-order valence-corrected chi connectivity index (χ4v) is 4.48. The highest BCUT2D eigenvalue weighted by atomic mass is 16.5. The maximum atomic E-state index is 6.38. The average Bonchev–Trinajstić information content (AvgIpc) is 2.58. The predicted molar refractivity (Wildman–Crippen MR) is 92.5 cm³/mol. The Morgan fingerprint density at radius 2 is 1.39 bits per heavy atom. The summed E-state index contributed by atoms with van der Waals surface area (Å²) in [6.07, 6.45) is 2.64. The first-order valence-corrected chi connectivity index (χ1v) is 8.87. The van der Waals surface area contributed by atoms with Crippen molar-refractivity contribution in [3.63, 3.8) is 0 Å². The van der Waals surface area contributed by atoms with Crippen LogP contribution in [0.25, 0.3) is 0 Å². The van der Waals surface area contributed by atoms with Crippen LogP contribution < -0.4 is 4.90 Å². The molecule has 1 unspecified atom stereocenters. The molecule has 1 atom stereocenters. The van der Waals surface area contributed by atoms with E-state index in [4.69, 9.17) is 4.74 Å². The highest BCUT2D eigenvalue weighted by Gasteiger charge is 2.54. The molecule has 2 aliphatic rings. The molecular formula is C21H26NO+. The molecule has 1 N–H and O–H groups in total. The Kier molecular flexibility index (Phi) is 3.96. The first-order valence-electron chi connectivity index (χ1n) is 8.87. The molecule has 0 aromatic heterocycles. The second-order valence-electron chi connectivity index (χ2n) is 7.18. The first kappa shape index (κ1) is 14.9. The van der Waals surface area contributed by atoms with Crippen molar-refractivity contribution in [2.24, 2.45) is 11.8 Å². The molecule has 0 saturated carbocycles. The van der Waals surface area contributed by atoms with Crippen molar-refractivity contribution in [3.05, 3.63) is 71.8 Å². The van der Waals surface area contributed by atoms with Gasteiger partial charge in [0.05, 0.1) is 26.7 Å². The molecule has 2 aromatic carbocycles. The Balaban J connectivity index is 1.72. The first-order chi connectivity index (χ1) is 11.3. The van der Waals surface area contributed by atoms with Crippen LogP contribution in [0.4, 0.5) is 0 Å². The van der Waals surface area contributed by atoms with E-state index in [0.29, 0.717) is 5.92 Å². The standard InChI is InChI=1S/C21H25NO/c1-22-14-12-17(13-15-22)20-16-23-21(20,18-8-4-2-5-9-18)19-10-6-3-7-11-19/h2-11,17,20H,12-16H2,1H3/p+1. The molecule has 2 heterocycles. The molecule has 2 aromatic rings. The summed E-state index contributed by atoms with van der Waals surface area (Å²) < 4.78 is 6.38. The van der Waals surface area contributed by atoms with E-state index in [1.54, 1.807) is 4.90 Å². The number of likely N-dealkylation sites (tertiary alicyclic amines) is 1. The summed E-state index contributed by atoms with van der Waals surface area (Å²) >= 11 is 0. The smallest absolute Gasteiger partial charge is 0.123 e. The van der Waals surface area contributed by atoms with Crippen molar-refractivity contribution in [2.75, 3.05) is 26.7 Å². The third-order valence-electron chi connectivity index (χ3n) is 5.87. The second kappa shape index (κ2) is 6.10. The molecule has 2 nitrogen and oxygen atoms in total. The fourth-order valence-electron chi connectivity index (χ4n) is 4.48. The molecule has 2 saturated heterocycles.